The first-order chi connectivity index (χ1) is 18.9. The van der Waals surface area contributed by atoms with Crippen molar-refractivity contribution in [3.63, 3.8) is 0 Å². The van der Waals surface area contributed by atoms with E-state index in [0.29, 0.717) is 0 Å². The van der Waals surface area contributed by atoms with E-state index in [2.05, 4.69) is 15.3 Å². The summed E-state index contributed by atoms with van der Waals surface area (Å²) in [5.74, 6) is -7.06. The molecule has 5 rings (SSSR count). The van der Waals surface area contributed by atoms with Gasteiger partial charge in [0.05, 0.1) is 35.8 Å². The minimum absolute atomic E-state index is 0.0560. The number of alkyl halides is 6. The Kier molecular flexibility index (Phi) is 6.19. The molecule has 13 nitrogen and oxygen atoms in total. The van der Waals surface area contributed by atoms with Crippen LogP contribution in [0.25, 0.3) is 0 Å². The van der Waals surface area contributed by atoms with Gasteiger partial charge in [0.15, 0.2) is 23.7 Å². The summed E-state index contributed by atoms with van der Waals surface area (Å²) in [7, 11) is 0. The highest BCUT2D eigenvalue weighted by Gasteiger charge is 2.74. The van der Waals surface area contributed by atoms with Gasteiger partial charge in [-0.1, -0.05) is 0 Å². The number of aliphatic hydroxyl groups is 2. The monoisotopic (exact) mass is 593 g/mol. The minimum Gasteiger partial charge on any atom is -0.451 e. The maximum absolute atomic E-state index is 13.6. The summed E-state index contributed by atoms with van der Waals surface area (Å²) in [5, 5.41) is 25.2. The third kappa shape index (κ3) is 4.30. The standard InChI is InChI=1S/C22H21F6N7O6/c23-21(24,25)8-1-2-10(22(26,27)28)9(5-8)16(38)41-12-7-35-18(30)31-11(6-34-13(36)3-4-14(34)37)15-19(35,20(12,39)40)33-17(29)32-15/h1-2,5,11-12,15,39-40H,3-4,6-7H2,(H2,30,31)(H3,29,32,33)/t11?,12?,15-,19-/m0/s1. The summed E-state index contributed by atoms with van der Waals surface area (Å²) in [6.07, 6.45) is -12.6. The lowest BCUT2D eigenvalue weighted by atomic mass is 9.85. The minimum atomic E-state index is -5.27. The number of benzene rings is 1. The smallest absolute Gasteiger partial charge is 0.417 e. The number of nitrogens with zero attached hydrogens (tertiary/aromatic N) is 4. The van der Waals surface area contributed by atoms with Gasteiger partial charge in [0.2, 0.25) is 17.6 Å². The molecule has 0 radical (unpaired) electrons. The molecular formula is C22H21F6N7O6. The molecule has 4 aliphatic heterocycles. The zero-order valence-electron chi connectivity index (χ0n) is 20.5. The van der Waals surface area contributed by atoms with E-state index in [1.54, 1.807) is 0 Å². The number of rotatable bonds is 4. The number of ether oxygens (including phenoxy) is 1. The normalized spacial score (nSPS) is 29.1. The molecule has 4 atom stereocenters. The molecule has 0 aliphatic carbocycles. The number of esters is 1. The molecule has 41 heavy (non-hydrogen) atoms. The van der Waals surface area contributed by atoms with Crippen molar-refractivity contribution < 1.29 is 55.7 Å². The predicted octanol–water partition coefficient (Wildman–Crippen LogP) is -0.925. The first kappa shape index (κ1) is 28.4. The van der Waals surface area contributed by atoms with E-state index in [4.69, 9.17) is 16.2 Å². The number of aliphatic imine (C=N–C) groups is 2. The second-order valence-electron chi connectivity index (χ2n) is 9.79. The van der Waals surface area contributed by atoms with Gasteiger partial charge in [-0.2, -0.15) is 26.3 Å². The Balaban J connectivity index is 1.49. The Hall–Kier alpha value is -4.13. The SMILES string of the molecule is NC1=N[C@H]2C(CN3C(=O)CCC3=O)N=C(N)N3CC(OC(=O)c4cc(C(F)(F)F)ccc4C(F)(F)F)C(O)(O)[C@]23N1. The lowest BCUT2D eigenvalue weighted by molar-refractivity contribution is -0.256. The maximum atomic E-state index is 13.6. The average Bonchev–Trinajstić information content (AvgIpc) is 3.45. The number of carbonyl (C=O) groups is 3. The number of guanidine groups is 2. The van der Waals surface area contributed by atoms with Crippen LogP contribution in [0.15, 0.2) is 28.2 Å². The number of imide groups is 1. The third-order valence-electron chi connectivity index (χ3n) is 7.39. The second kappa shape index (κ2) is 8.93. The van der Waals surface area contributed by atoms with Crippen LogP contribution in [-0.4, -0.2) is 92.4 Å². The molecule has 2 saturated heterocycles. The number of hydrogen-bond donors (Lipinski definition) is 5. The van der Waals surface area contributed by atoms with E-state index < -0.39 is 95.5 Å². The van der Waals surface area contributed by atoms with E-state index in [1.807, 2.05) is 0 Å². The third-order valence-corrected chi connectivity index (χ3v) is 7.39. The quantitative estimate of drug-likeness (QED) is 0.126. The Morgan fingerprint density at radius 3 is 2.29 bits per heavy atom. The molecule has 4 aliphatic rings. The van der Waals surface area contributed by atoms with Crippen molar-refractivity contribution in [2.75, 3.05) is 13.1 Å². The number of amides is 2. The van der Waals surface area contributed by atoms with Crippen LogP contribution in [0.4, 0.5) is 26.3 Å². The highest BCUT2D eigenvalue weighted by atomic mass is 19.4. The van der Waals surface area contributed by atoms with E-state index in [1.165, 1.54) is 0 Å². The number of nitrogens with two attached hydrogens (primary N) is 2. The molecule has 2 unspecified atom stereocenters. The number of carbonyl (C=O) groups excluding carboxylic acids is 3. The van der Waals surface area contributed by atoms with Crippen molar-refractivity contribution in [1.29, 1.82) is 0 Å². The van der Waals surface area contributed by atoms with Crippen molar-refractivity contribution >= 4 is 29.7 Å². The molecule has 1 spiro atoms. The average molecular weight is 593 g/mol. The molecular weight excluding hydrogens is 572 g/mol. The van der Waals surface area contributed by atoms with Gasteiger partial charge in [0.25, 0.3) is 0 Å². The van der Waals surface area contributed by atoms with Gasteiger partial charge in [-0.15, -0.1) is 0 Å². The van der Waals surface area contributed by atoms with Crippen molar-refractivity contribution in [3.05, 3.63) is 34.9 Å². The molecule has 4 heterocycles. The molecule has 0 aromatic heterocycles. The van der Waals surface area contributed by atoms with Gasteiger partial charge in [-0.05, 0) is 18.2 Å². The van der Waals surface area contributed by atoms with Gasteiger partial charge in [-0.3, -0.25) is 14.5 Å². The highest BCUT2D eigenvalue weighted by Crippen LogP contribution is 2.46. The van der Waals surface area contributed by atoms with Crippen molar-refractivity contribution in [3.8, 4) is 0 Å². The lowest BCUT2D eigenvalue weighted by Gasteiger charge is -2.48. The molecule has 222 valence electrons. The fourth-order valence-corrected chi connectivity index (χ4v) is 5.51. The Labute approximate surface area is 225 Å². The molecule has 7 N–H and O–H groups in total. The Morgan fingerprint density at radius 1 is 1.07 bits per heavy atom. The molecule has 2 fully saturated rings. The molecule has 0 saturated carbocycles. The van der Waals surface area contributed by atoms with Crippen LogP contribution in [0.1, 0.15) is 34.3 Å². The largest absolute Gasteiger partial charge is 0.451 e. The predicted molar refractivity (Wildman–Crippen MR) is 122 cm³/mol. The molecule has 2 amide bonds. The molecule has 1 aromatic rings. The summed E-state index contributed by atoms with van der Waals surface area (Å²) in [6.45, 7) is -1.12. The van der Waals surface area contributed by atoms with E-state index in [-0.39, 0.29) is 37.0 Å². The molecule has 0 bridgehead atoms. The first-order valence-electron chi connectivity index (χ1n) is 11.9. The van der Waals surface area contributed by atoms with E-state index >= 15 is 0 Å². The second-order valence-corrected chi connectivity index (χ2v) is 9.79. The van der Waals surface area contributed by atoms with Gasteiger partial charge in [0.1, 0.15) is 6.04 Å². The topological polar surface area (TPSA) is 196 Å². The van der Waals surface area contributed by atoms with Gasteiger partial charge >= 0.3 is 18.3 Å². The lowest BCUT2D eigenvalue weighted by Crippen LogP contribution is -2.77. The van der Waals surface area contributed by atoms with Crippen LogP contribution in [0.3, 0.4) is 0 Å². The summed E-state index contributed by atoms with van der Waals surface area (Å²) in [4.78, 5) is 47.4. The highest BCUT2D eigenvalue weighted by molar-refractivity contribution is 6.02. The Bertz CT molecular complexity index is 1380. The first-order valence-corrected chi connectivity index (χ1v) is 11.9. The van der Waals surface area contributed by atoms with Crippen molar-refractivity contribution in [2.24, 2.45) is 21.5 Å². The van der Waals surface area contributed by atoms with Gasteiger partial charge in [-0.25, -0.2) is 14.8 Å². The van der Waals surface area contributed by atoms with Crippen LogP contribution in [0, 0.1) is 0 Å². The van der Waals surface area contributed by atoms with Crippen LogP contribution in [0.2, 0.25) is 0 Å². The fraction of sp³-hybridized carbons (Fsp3) is 0.500. The van der Waals surface area contributed by atoms with E-state index in [9.17, 15) is 50.9 Å². The van der Waals surface area contributed by atoms with Gasteiger partial charge < -0.3 is 36.6 Å². The maximum Gasteiger partial charge on any atom is 0.417 e. The number of nitrogens with one attached hydrogen (secondary N) is 1. The van der Waals surface area contributed by atoms with E-state index in [0.717, 1.165) is 9.80 Å². The zero-order chi connectivity index (χ0) is 30.3. The number of likely N-dealkylation sites (tertiary alicyclic amines) is 1. The summed E-state index contributed by atoms with van der Waals surface area (Å²) in [6, 6.07) is -2.46. The van der Waals surface area contributed by atoms with Gasteiger partial charge in [0, 0.05) is 12.8 Å². The molecule has 19 heteroatoms. The van der Waals surface area contributed by atoms with Crippen molar-refractivity contribution in [1.82, 2.24) is 15.1 Å². The Morgan fingerprint density at radius 2 is 1.71 bits per heavy atom. The summed E-state index contributed by atoms with van der Waals surface area (Å²) >= 11 is 0. The summed E-state index contributed by atoms with van der Waals surface area (Å²) < 4.78 is 85.3. The van der Waals surface area contributed by atoms with Crippen LogP contribution in [-0.2, 0) is 26.7 Å². The number of hydrogen-bond acceptors (Lipinski definition) is 12. The zero-order valence-corrected chi connectivity index (χ0v) is 20.5. The summed E-state index contributed by atoms with van der Waals surface area (Å²) in [5.41, 5.74) is 4.74. The number of halogens is 6. The van der Waals surface area contributed by atoms with Crippen LogP contribution in [0.5, 0.6) is 0 Å². The molecule has 1 aromatic carbocycles. The fourth-order valence-electron chi connectivity index (χ4n) is 5.51. The van der Waals surface area contributed by atoms with Crippen molar-refractivity contribution in [2.45, 2.75) is 54.8 Å². The van der Waals surface area contributed by atoms with Crippen LogP contribution < -0.4 is 16.8 Å². The van der Waals surface area contributed by atoms with Crippen LogP contribution >= 0.6 is 0 Å².